The van der Waals surface area contributed by atoms with E-state index in [9.17, 15) is 4.39 Å². The van der Waals surface area contributed by atoms with Crippen molar-refractivity contribution in [3.8, 4) is 0 Å². The Balaban J connectivity index is 2.15. The molecule has 0 amide bonds. The number of hydrogen-bond acceptors (Lipinski definition) is 4. The van der Waals surface area contributed by atoms with E-state index < -0.39 is 18.4 Å². The number of aliphatic hydroxyl groups excluding tert-OH is 1. The standard InChI is InChI=1S/C10H14FN5O2/c11-6-1-5(3-17)18-8(6)7-2-14-10(16-7)9(13)15-4-12/h2,4-6,8,17H,1,3H2,(H,14,16)(H3,12,13,15)/t5-,6+,8+/m0/s1. The van der Waals surface area contributed by atoms with Crippen molar-refractivity contribution in [3.63, 3.8) is 0 Å². The quantitative estimate of drug-likeness (QED) is 0.443. The van der Waals surface area contributed by atoms with Crippen LogP contribution in [-0.2, 0) is 4.74 Å². The van der Waals surface area contributed by atoms with Crippen LogP contribution >= 0.6 is 0 Å². The molecule has 7 nitrogen and oxygen atoms in total. The van der Waals surface area contributed by atoms with E-state index in [1.165, 1.54) is 6.20 Å². The van der Waals surface area contributed by atoms with Crippen LogP contribution in [-0.4, -0.2) is 46.1 Å². The number of alkyl halides is 1. The van der Waals surface area contributed by atoms with Gasteiger partial charge in [0.15, 0.2) is 11.7 Å². The Kier molecular flexibility index (Phi) is 3.68. The predicted molar refractivity (Wildman–Crippen MR) is 62.3 cm³/mol. The lowest BCUT2D eigenvalue weighted by Gasteiger charge is -2.10. The van der Waals surface area contributed by atoms with Gasteiger partial charge >= 0.3 is 0 Å². The van der Waals surface area contributed by atoms with Gasteiger partial charge in [0.1, 0.15) is 18.6 Å². The zero-order valence-electron chi connectivity index (χ0n) is 9.51. The van der Waals surface area contributed by atoms with Crippen molar-refractivity contribution in [1.29, 1.82) is 5.41 Å². The molecule has 1 aliphatic heterocycles. The van der Waals surface area contributed by atoms with Crippen molar-refractivity contribution in [2.24, 2.45) is 10.7 Å². The van der Waals surface area contributed by atoms with Crippen LogP contribution in [0.5, 0.6) is 0 Å². The summed E-state index contributed by atoms with van der Waals surface area (Å²) in [6.07, 6.45) is -0.112. The summed E-state index contributed by atoms with van der Waals surface area (Å²) in [7, 11) is 0. The van der Waals surface area contributed by atoms with Gasteiger partial charge in [0.25, 0.3) is 0 Å². The number of aromatic amines is 1. The normalized spacial score (nSPS) is 28.6. The van der Waals surface area contributed by atoms with Crippen LogP contribution in [0.4, 0.5) is 4.39 Å². The third kappa shape index (κ3) is 2.39. The molecule has 0 unspecified atom stereocenters. The van der Waals surface area contributed by atoms with Gasteiger partial charge in [0.2, 0.25) is 0 Å². The fourth-order valence-corrected chi connectivity index (χ4v) is 1.85. The molecule has 18 heavy (non-hydrogen) atoms. The highest BCUT2D eigenvalue weighted by Crippen LogP contribution is 2.34. The first-order valence-electron chi connectivity index (χ1n) is 5.43. The van der Waals surface area contributed by atoms with Gasteiger partial charge in [-0.2, -0.15) is 0 Å². The fourth-order valence-electron chi connectivity index (χ4n) is 1.85. The number of rotatable bonds is 4. The van der Waals surface area contributed by atoms with Crippen molar-refractivity contribution in [2.75, 3.05) is 6.61 Å². The van der Waals surface area contributed by atoms with E-state index in [2.05, 4.69) is 15.0 Å². The zero-order chi connectivity index (χ0) is 13.1. The first-order chi connectivity index (χ1) is 8.65. The summed E-state index contributed by atoms with van der Waals surface area (Å²) < 4.78 is 19.0. The molecule has 5 N–H and O–H groups in total. The molecule has 0 saturated carbocycles. The average Bonchev–Trinajstić information content (AvgIpc) is 2.95. The second-order valence-electron chi connectivity index (χ2n) is 3.94. The highest BCUT2D eigenvalue weighted by atomic mass is 19.1. The number of aromatic nitrogens is 2. The highest BCUT2D eigenvalue weighted by Gasteiger charge is 2.37. The smallest absolute Gasteiger partial charge is 0.173 e. The van der Waals surface area contributed by atoms with Gasteiger partial charge in [-0.1, -0.05) is 0 Å². The number of amidine groups is 1. The van der Waals surface area contributed by atoms with Gasteiger partial charge < -0.3 is 20.6 Å². The number of aliphatic hydroxyl groups is 1. The number of imidazole rings is 1. The van der Waals surface area contributed by atoms with Gasteiger partial charge in [0.05, 0.1) is 24.6 Å². The van der Waals surface area contributed by atoms with Crippen LogP contribution in [0.25, 0.3) is 0 Å². The van der Waals surface area contributed by atoms with Gasteiger partial charge in [0, 0.05) is 6.42 Å². The number of hydrogen-bond donors (Lipinski definition) is 4. The Morgan fingerprint density at radius 2 is 2.61 bits per heavy atom. The summed E-state index contributed by atoms with van der Waals surface area (Å²) in [5.41, 5.74) is 5.98. The summed E-state index contributed by atoms with van der Waals surface area (Å²) in [4.78, 5) is 10.3. The average molecular weight is 255 g/mol. The number of H-pyrrole nitrogens is 1. The van der Waals surface area contributed by atoms with Gasteiger partial charge in [-0.3, -0.25) is 5.41 Å². The zero-order valence-corrected chi connectivity index (χ0v) is 9.51. The van der Waals surface area contributed by atoms with Crippen LogP contribution in [0, 0.1) is 5.41 Å². The first-order valence-corrected chi connectivity index (χ1v) is 5.43. The minimum atomic E-state index is -1.20. The largest absolute Gasteiger partial charge is 0.394 e. The number of aliphatic imine (C=N–C) groups is 1. The summed E-state index contributed by atoms with van der Waals surface area (Å²) >= 11 is 0. The van der Waals surface area contributed by atoms with Crippen molar-refractivity contribution < 1.29 is 14.2 Å². The third-order valence-corrected chi connectivity index (χ3v) is 2.71. The van der Waals surface area contributed by atoms with E-state index >= 15 is 0 Å². The summed E-state index contributed by atoms with van der Waals surface area (Å²) in [6.45, 7) is -0.213. The van der Waals surface area contributed by atoms with E-state index in [1.807, 2.05) is 0 Å². The van der Waals surface area contributed by atoms with Crippen molar-refractivity contribution in [2.45, 2.75) is 24.8 Å². The third-order valence-electron chi connectivity index (χ3n) is 2.71. The molecule has 1 aromatic rings. The molecule has 1 aromatic heterocycles. The molecule has 0 spiro atoms. The van der Waals surface area contributed by atoms with Gasteiger partial charge in [-0.15, -0.1) is 0 Å². The lowest BCUT2D eigenvalue weighted by atomic mass is 10.1. The van der Waals surface area contributed by atoms with Crippen LogP contribution in [0.15, 0.2) is 11.2 Å². The molecular formula is C10H14FN5O2. The molecule has 2 heterocycles. The van der Waals surface area contributed by atoms with Crippen LogP contribution in [0.2, 0.25) is 0 Å². The number of halogens is 1. The van der Waals surface area contributed by atoms with E-state index in [4.69, 9.17) is 21.0 Å². The number of nitrogens with zero attached hydrogens (tertiary/aromatic N) is 2. The van der Waals surface area contributed by atoms with Crippen molar-refractivity contribution in [1.82, 2.24) is 9.97 Å². The minimum Gasteiger partial charge on any atom is -0.394 e. The lowest BCUT2D eigenvalue weighted by molar-refractivity contribution is -0.00105. The minimum absolute atomic E-state index is 0.0448. The molecule has 1 fully saturated rings. The topological polar surface area (TPSA) is 120 Å². The molecule has 8 heteroatoms. The summed E-state index contributed by atoms with van der Waals surface area (Å²) in [5, 5.41) is 15.7. The Morgan fingerprint density at radius 3 is 3.22 bits per heavy atom. The number of nitrogens with one attached hydrogen (secondary N) is 2. The van der Waals surface area contributed by atoms with Crippen molar-refractivity contribution in [3.05, 3.63) is 17.7 Å². The van der Waals surface area contributed by atoms with E-state index in [1.54, 1.807) is 0 Å². The Morgan fingerprint density at radius 1 is 1.83 bits per heavy atom. The molecule has 1 saturated heterocycles. The number of nitrogens with two attached hydrogens (primary N) is 1. The maximum Gasteiger partial charge on any atom is 0.173 e. The van der Waals surface area contributed by atoms with Crippen LogP contribution in [0.1, 0.15) is 24.0 Å². The van der Waals surface area contributed by atoms with Crippen LogP contribution < -0.4 is 5.73 Å². The SMILES string of the molecule is N=C/N=C(/N)c1ncc([C@@H]2O[C@H](CO)C[C@H]2F)[nH]1. The molecular weight excluding hydrogens is 241 g/mol. The summed E-state index contributed by atoms with van der Waals surface area (Å²) in [6, 6.07) is 0. The Bertz CT molecular complexity index is 461. The monoisotopic (exact) mass is 255 g/mol. The van der Waals surface area contributed by atoms with Gasteiger partial charge in [-0.25, -0.2) is 14.4 Å². The fraction of sp³-hybridized carbons (Fsp3) is 0.500. The molecule has 1 aliphatic rings. The molecule has 2 rings (SSSR count). The van der Waals surface area contributed by atoms with E-state index in [0.29, 0.717) is 5.69 Å². The Labute approximate surface area is 102 Å². The molecule has 0 aromatic carbocycles. The second-order valence-corrected chi connectivity index (χ2v) is 3.94. The van der Waals surface area contributed by atoms with Crippen LogP contribution in [0.3, 0.4) is 0 Å². The molecule has 0 aliphatic carbocycles. The predicted octanol–water partition coefficient (Wildman–Crippen LogP) is -0.118. The van der Waals surface area contributed by atoms with Crippen molar-refractivity contribution >= 4 is 12.2 Å². The van der Waals surface area contributed by atoms with Gasteiger partial charge in [-0.05, 0) is 0 Å². The first kappa shape index (κ1) is 12.7. The van der Waals surface area contributed by atoms with E-state index in [0.717, 1.165) is 6.34 Å². The molecule has 0 bridgehead atoms. The summed E-state index contributed by atoms with van der Waals surface area (Å²) in [5.74, 6) is 0.306. The molecule has 3 atom stereocenters. The maximum atomic E-state index is 13.7. The maximum absolute atomic E-state index is 13.7. The second kappa shape index (κ2) is 5.23. The molecule has 98 valence electrons. The highest BCUT2D eigenvalue weighted by molar-refractivity contribution is 5.98. The number of ether oxygens (including phenoxy) is 1. The van der Waals surface area contributed by atoms with E-state index in [-0.39, 0.29) is 24.7 Å². The lowest BCUT2D eigenvalue weighted by Crippen LogP contribution is -2.16. The molecule has 0 radical (unpaired) electrons. The Hall–Kier alpha value is -1.80.